The van der Waals surface area contributed by atoms with Crippen LogP contribution in [0, 0.1) is 0 Å². The number of aromatic nitrogens is 1. The van der Waals surface area contributed by atoms with Crippen LogP contribution in [0.1, 0.15) is 12.1 Å². The van der Waals surface area contributed by atoms with Crippen molar-refractivity contribution in [2.45, 2.75) is 11.8 Å². The first-order valence-electron chi connectivity index (χ1n) is 3.93. The largest absolute Gasteiger partial charge is 0.481 e. The maximum atomic E-state index is 10.6. The van der Waals surface area contributed by atoms with E-state index in [9.17, 15) is 4.79 Å². The Kier molecular flexibility index (Phi) is 2.03. The van der Waals surface area contributed by atoms with Crippen LogP contribution in [0.5, 0.6) is 0 Å². The minimum Gasteiger partial charge on any atom is -0.481 e. The highest BCUT2D eigenvalue weighted by Gasteiger charge is 2.43. The molecule has 0 aliphatic carbocycles. The number of thioether (sulfide) groups is 1. The smallest absolute Gasteiger partial charge is 0.304 e. The molecule has 13 heavy (non-hydrogen) atoms. The molecule has 2 rings (SSSR count). The molecule has 1 aliphatic heterocycles. The summed E-state index contributed by atoms with van der Waals surface area (Å²) in [7, 11) is 0. The Hall–Kier alpha value is -0.970. The molecule has 4 nitrogen and oxygen atoms in total. The summed E-state index contributed by atoms with van der Waals surface area (Å²) in [4.78, 5) is 10.6. The van der Waals surface area contributed by atoms with Crippen LogP contribution in [0.25, 0.3) is 0 Å². The average Bonchev–Trinajstić information content (AvgIpc) is 2.48. The molecule has 0 saturated carbocycles. The number of hydrogen-bond acceptors (Lipinski definition) is 4. The van der Waals surface area contributed by atoms with Crippen molar-refractivity contribution in [1.82, 2.24) is 5.16 Å². The van der Waals surface area contributed by atoms with E-state index in [1.807, 2.05) is 0 Å². The molecule has 0 atom stereocenters. The Balaban J connectivity index is 2.20. The van der Waals surface area contributed by atoms with Gasteiger partial charge in [0.2, 0.25) is 0 Å². The second-order valence-corrected chi connectivity index (χ2v) is 4.21. The van der Waals surface area contributed by atoms with E-state index in [2.05, 4.69) is 5.16 Å². The van der Waals surface area contributed by atoms with Gasteiger partial charge in [-0.05, 0) is 0 Å². The van der Waals surface area contributed by atoms with Gasteiger partial charge in [-0.1, -0.05) is 5.16 Å². The standard InChI is InChI=1S/C8H9NO3S/c10-7(11)3-8(4-13-5-8)6-1-2-12-9-6/h1-2H,3-5H2,(H,10,11). The lowest BCUT2D eigenvalue weighted by Gasteiger charge is -2.37. The third kappa shape index (κ3) is 1.44. The molecule has 1 aromatic rings. The van der Waals surface area contributed by atoms with Crippen molar-refractivity contribution < 1.29 is 14.4 Å². The van der Waals surface area contributed by atoms with Gasteiger partial charge in [-0.3, -0.25) is 4.79 Å². The first-order valence-corrected chi connectivity index (χ1v) is 5.09. The highest BCUT2D eigenvalue weighted by Crippen LogP contribution is 2.42. The van der Waals surface area contributed by atoms with Gasteiger partial charge in [0.15, 0.2) is 0 Å². The van der Waals surface area contributed by atoms with E-state index in [4.69, 9.17) is 9.63 Å². The number of rotatable bonds is 3. The number of hydrogen-bond donors (Lipinski definition) is 1. The summed E-state index contributed by atoms with van der Waals surface area (Å²) in [5, 5.41) is 12.6. The van der Waals surface area contributed by atoms with Crippen LogP contribution in [-0.2, 0) is 10.2 Å². The van der Waals surface area contributed by atoms with Gasteiger partial charge < -0.3 is 9.63 Å². The summed E-state index contributed by atoms with van der Waals surface area (Å²) in [6.45, 7) is 0. The Morgan fingerprint density at radius 2 is 2.54 bits per heavy atom. The van der Waals surface area contributed by atoms with Gasteiger partial charge in [-0.15, -0.1) is 0 Å². The SMILES string of the molecule is O=C(O)CC1(c2ccon2)CSC1. The maximum absolute atomic E-state index is 10.6. The van der Waals surface area contributed by atoms with Crippen molar-refractivity contribution in [3.05, 3.63) is 18.0 Å². The number of nitrogens with zero attached hydrogens (tertiary/aromatic N) is 1. The lowest BCUT2D eigenvalue weighted by atomic mass is 9.84. The van der Waals surface area contributed by atoms with Gasteiger partial charge in [0.05, 0.1) is 12.1 Å². The predicted molar refractivity (Wildman–Crippen MR) is 47.8 cm³/mol. The van der Waals surface area contributed by atoms with Crippen molar-refractivity contribution in [1.29, 1.82) is 0 Å². The van der Waals surface area contributed by atoms with Crippen molar-refractivity contribution in [3.8, 4) is 0 Å². The molecule has 0 unspecified atom stereocenters. The van der Waals surface area contributed by atoms with Gasteiger partial charge in [0.1, 0.15) is 6.26 Å². The molecule has 1 aliphatic rings. The monoisotopic (exact) mass is 199 g/mol. The highest BCUT2D eigenvalue weighted by atomic mass is 32.2. The quantitative estimate of drug-likeness (QED) is 0.790. The molecule has 1 saturated heterocycles. The Bertz CT molecular complexity index is 305. The second kappa shape index (κ2) is 3.06. The van der Waals surface area contributed by atoms with Gasteiger partial charge in [-0.25, -0.2) is 0 Å². The van der Waals surface area contributed by atoms with E-state index in [0.717, 1.165) is 17.2 Å². The van der Waals surface area contributed by atoms with E-state index in [1.165, 1.54) is 6.26 Å². The van der Waals surface area contributed by atoms with Crippen LogP contribution < -0.4 is 0 Å². The molecule has 5 heteroatoms. The normalized spacial score (nSPS) is 19.4. The zero-order valence-electron chi connectivity index (χ0n) is 6.90. The van der Waals surface area contributed by atoms with Crippen LogP contribution in [0.3, 0.4) is 0 Å². The lowest BCUT2D eigenvalue weighted by Crippen LogP contribution is -2.42. The fourth-order valence-corrected chi connectivity index (χ4v) is 2.66. The third-order valence-electron chi connectivity index (χ3n) is 2.23. The lowest BCUT2D eigenvalue weighted by molar-refractivity contribution is -0.138. The van der Waals surface area contributed by atoms with Crippen molar-refractivity contribution in [2.75, 3.05) is 11.5 Å². The second-order valence-electron chi connectivity index (χ2n) is 3.23. The van der Waals surface area contributed by atoms with Crippen LogP contribution in [-0.4, -0.2) is 27.7 Å². The highest BCUT2D eigenvalue weighted by molar-refractivity contribution is 8.00. The molecule has 2 heterocycles. The van der Waals surface area contributed by atoms with E-state index in [-0.39, 0.29) is 11.8 Å². The molecule has 0 aromatic carbocycles. The predicted octanol–water partition coefficient (Wildman–Crippen LogP) is 1.13. The molecule has 0 amide bonds. The number of aliphatic carboxylic acids is 1. The molecule has 1 N–H and O–H groups in total. The van der Waals surface area contributed by atoms with Gasteiger partial charge >= 0.3 is 5.97 Å². The Labute approximate surface area is 79.3 Å². The summed E-state index contributed by atoms with van der Waals surface area (Å²) in [5.74, 6) is 0.876. The number of carbonyl (C=O) groups is 1. The zero-order chi connectivity index (χ0) is 9.31. The van der Waals surface area contributed by atoms with Gasteiger partial charge in [-0.2, -0.15) is 11.8 Å². The summed E-state index contributed by atoms with van der Waals surface area (Å²) >= 11 is 1.74. The number of carboxylic acids is 1. The summed E-state index contributed by atoms with van der Waals surface area (Å²) in [6.07, 6.45) is 1.63. The molecule has 1 fully saturated rings. The average molecular weight is 199 g/mol. The third-order valence-corrected chi connectivity index (χ3v) is 3.74. The van der Waals surface area contributed by atoms with Crippen LogP contribution in [0.4, 0.5) is 0 Å². The van der Waals surface area contributed by atoms with Crippen molar-refractivity contribution in [3.63, 3.8) is 0 Å². The van der Waals surface area contributed by atoms with E-state index >= 15 is 0 Å². The molecule has 0 bridgehead atoms. The first-order chi connectivity index (χ1) is 6.23. The molecule has 1 aromatic heterocycles. The van der Waals surface area contributed by atoms with Gasteiger partial charge in [0, 0.05) is 23.0 Å². The fraction of sp³-hybridized carbons (Fsp3) is 0.500. The molecular formula is C8H9NO3S. The molecule has 0 spiro atoms. The fourth-order valence-electron chi connectivity index (χ4n) is 1.46. The van der Waals surface area contributed by atoms with Crippen LogP contribution in [0.2, 0.25) is 0 Å². The van der Waals surface area contributed by atoms with Crippen molar-refractivity contribution >= 4 is 17.7 Å². The topological polar surface area (TPSA) is 63.3 Å². The summed E-state index contributed by atoms with van der Waals surface area (Å²) in [5.41, 5.74) is 0.498. The van der Waals surface area contributed by atoms with Crippen LogP contribution >= 0.6 is 11.8 Å². The first kappa shape index (κ1) is 8.62. The maximum Gasteiger partial charge on any atom is 0.304 e. The summed E-state index contributed by atoms with van der Waals surface area (Å²) in [6, 6.07) is 1.75. The summed E-state index contributed by atoms with van der Waals surface area (Å²) < 4.78 is 4.73. The van der Waals surface area contributed by atoms with E-state index < -0.39 is 5.97 Å². The molecule has 70 valence electrons. The van der Waals surface area contributed by atoms with Gasteiger partial charge in [0.25, 0.3) is 0 Å². The van der Waals surface area contributed by atoms with Crippen LogP contribution in [0.15, 0.2) is 16.9 Å². The number of carboxylic acid groups (broad SMARTS) is 1. The molecular weight excluding hydrogens is 190 g/mol. The minimum atomic E-state index is -0.775. The molecule has 0 radical (unpaired) electrons. The zero-order valence-corrected chi connectivity index (χ0v) is 7.71. The Morgan fingerprint density at radius 1 is 1.77 bits per heavy atom. The Morgan fingerprint density at radius 3 is 2.92 bits per heavy atom. The van der Waals surface area contributed by atoms with E-state index in [1.54, 1.807) is 17.8 Å². The minimum absolute atomic E-state index is 0.145. The van der Waals surface area contributed by atoms with E-state index in [0.29, 0.717) is 0 Å². The van der Waals surface area contributed by atoms with Crippen molar-refractivity contribution in [2.24, 2.45) is 0 Å².